The van der Waals surface area contributed by atoms with Crippen LogP contribution in [-0.2, 0) is 19.0 Å². The molecule has 9 heteroatoms. The minimum atomic E-state index is -5.70. The molecule has 33 heavy (non-hydrogen) atoms. The van der Waals surface area contributed by atoms with E-state index in [1.54, 1.807) is 43.4 Å². The van der Waals surface area contributed by atoms with E-state index in [4.69, 9.17) is 9.47 Å². The number of benzene rings is 2. The van der Waals surface area contributed by atoms with Crippen LogP contribution in [0.15, 0.2) is 60.8 Å². The van der Waals surface area contributed by atoms with Gasteiger partial charge >= 0.3 is 12.1 Å². The zero-order valence-electron chi connectivity index (χ0n) is 18.3. The molecule has 0 spiro atoms. The lowest BCUT2D eigenvalue weighted by Gasteiger charge is -2.26. The summed E-state index contributed by atoms with van der Waals surface area (Å²) in [5.74, 6) is -3.36. The molecule has 0 radical (unpaired) electrons. The fourth-order valence-corrected chi connectivity index (χ4v) is 3.32. The smallest absolute Gasteiger partial charge is 0.458 e. The minimum Gasteiger partial charge on any atom is -0.497 e. The van der Waals surface area contributed by atoms with Crippen LogP contribution in [0.1, 0.15) is 22.3 Å². The summed E-state index contributed by atoms with van der Waals surface area (Å²) < 4.78 is 76.7. The number of aryl methyl sites for hydroxylation is 1. The van der Waals surface area contributed by atoms with Crippen LogP contribution in [0, 0.1) is 6.92 Å². The molecule has 1 heterocycles. The molecule has 0 fully saturated rings. The van der Waals surface area contributed by atoms with Crippen molar-refractivity contribution >= 4 is 5.82 Å². The number of aromatic nitrogens is 1. The van der Waals surface area contributed by atoms with Gasteiger partial charge in [-0.25, -0.2) is 4.98 Å². The van der Waals surface area contributed by atoms with E-state index >= 15 is 0 Å². The van der Waals surface area contributed by atoms with E-state index in [9.17, 15) is 22.0 Å². The fraction of sp³-hybridized carbons (Fsp3) is 0.292. The van der Waals surface area contributed by atoms with E-state index in [0.29, 0.717) is 30.8 Å². The summed E-state index contributed by atoms with van der Waals surface area (Å²) >= 11 is 0. The Labute approximate surface area is 188 Å². The van der Waals surface area contributed by atoms with Crippen molar-refractivity contribution in [1.29, 1.82) is 0 Å². The SMILES string of the molecule is COc1ccc(CN(Cc2ccc(OC)cc2)c2cc(C)c(C(F)(F)C(F)(F)F)cn2)cc1. The third kappa shape index (κ3) is 5.53. The van der Waals surface area contributed by atoms with Crippen molar-refractivity contribution in [3.63, 3.8) is 0 Å². The zero-order valence-corrected chi connectivity index (χ0v) is 18.3. The predicted molar refractivity (Wildman–Crippen MR) is 115 cm³/mol. The Bertz CT molecular complexity index is 1020. The van der Waals surface area contributed by atoms with Crippen LogP contribution in [0.3, 0.4) is 0 Å². The molecule has 0 aliphatic rings. The maximum atomic E-state index is 13.9. The molecule has 0 bridgehead atoms. The van der Waals surface area contributed by atoms with Crippen molar-refractivity contribution in [3.05, 3.63) is 83.0 Å². The summed E-state index contributed by atoms with van der Waals surface area (Å²) in [6.45, 7) is 1.91. The van der Waals surface area contributed by atoms with Gasteiger partial charge in [-0.1, -0.05) is 24.3 Å². The highest BCUT2D eigenvalue weighted by atomic mass is 19.4. The molecule has 0 unspecified atom stereocenters. The first-order valence-electron chi connectivity index (χ1n) is 9.97. The van der Waals surface area contributed by atoms with Gasteiger partial charge in [-0.15, -0.1) is 0 Å². The Morgan fingerprint density at radius 3 is 1.61 bits per heavy atom. The van der Waals surface area contributed by atoms with Gasteiger partial charge in [0.1, 0.15) is 17.3 Å². The second-order valence-electron chi connectivity index (χ2n) is 7.48. The van der Waals surface area contributed by atoms with Gasteiger partial charge in [-0.05, 0) is 53.9 Å². The van der Waals surface area contributed by atoms with E-state index in [1.807, 2.05) is 24.3 Å². The standard InChI is InChI=1S/C24H23F5N2O2/c1-16-12-22(30-13-21(16)23(25,26)24(27,28)29)31(14-17-4-8-19(32-2)9-5-17)15-18-6-10-20(33-3)11-7-18/h4-13H,14-15H2,1-3H3. The third-order valence-electron chi connectivity index (χ3n) is 5.18. The Kier molecular flexibility index (Phi) is 7.09. The van der Waals surface area contributed by atoms with Crippen molar-refractivity contribution < 1.29 is 31.4 Å². The first-order chi connectivity index (χ1) is 15.5. The average molecular weight is 466 g/mol. The fourth-order valence-electron chi connectivity index (χ4n) is 3.32. The number of ether oxygens (including phenoxy) is 2. The summed E-state index contributed by atoms with van der Waals surface area (Å²) in [6.07, 6.45) is -5.10. The molecule has 4 nitrogen and oxygen atoms in total. The largest absolute Gasteiger partial charge is 0.497 e. The van der Waals surface area contributed by atoms with Gasteiger partial charge in [0.05, 0.1) is 19.8 Å². The summed E-state index contributed by atoms with van der Waals surface area (Å²) in [5, 5.41) is 0. The maximum Gasteiger partial charge on any atom is 0.458 e. The third-order valence-corrected chi connectivity index (χ3v) is 5.18. The molecule has 176 valence electrons. The second-order valence-corrected chi connectivity index (χ2v) is 7.48. The summed E-state index contributed by atoms with van der Waals surface area (Å²) in [7, 11) is 3.10. The van der Waals surface area contributed by atoms with Crippen LogP contribution in [0.5, 0.6) is 11.5 Å². The molecule has 2 aromatic carbocycles. The molecular formula is C24H23F5N2O2. The Hall–Kier alpha value is -3.36. The molecular weight excluding hydrogens is 443 g/mol. The highest BCUT2D eigenvalue weighted by Gasteiger charge is 2.59. The molecule has 0 N–H and O–H groups in total. The number of hydrogen-bond donors (Lipinski definition) is 0. The van der Waals surface area contributed by atoms with E-state index in [2.05, 4.69) is 4.98 Å². The molecule has 0 saturated carbocycles. The minimum absolute atomic E-state index is 0.197. The van der Waals surface area contributed by atoms with Crippen LogP contribution < -0.4 is 14.4 Å². The van der Waals surface area contributed by atoms with Gasteiger partial charge in [0, 0.05) is 19.3 Å². The van der Waals surface area contributed by atoms with Gasteiger partial charge in [-0.3, -0.25) is 0 Å². The number of methoxy groups -OCH3 is 2. The van der Waals surface area contributed by atoms with E-state index in [1.165, 1.54) is 13.0 Å². The van der Waals surface area contributed by atoms with Crippen LogP contribution >= 0.6 is 0 Å². The Morgan fingerprint density at radius 2 is 1.24 bits per heavy atom. The van der Waals surface area contributed by atoms with Crippen LogP contribution in [-0.4, -0.2) is 25.4 Å². The predicted octanol–water partition coefficient (Wildman–Crippen LogP) is 6.27. The lowest BCUT2D eigenvalue weighted by atomic mass is 10.0. The molecule has 0 aliphatic heterocycles. The van der Waals surface area contributed by atoms with Gasteiger partial charge < -0.3 is 14.4 Å². The summed E-state index contributed by atoms with van der Waals surface area (Å²) in [4.78, 5) is 5.77. The molecule has 0 atom stereocenters. The lowest BCUT2D eigenvalue weighted by Crippen LogP contribution is -2.34. The number of halogens is 5. The first kappa shape index (κ1) is 24.3. The van der Waals surface area contributed by atoms with Crippen LogP contribution in [0.25, 0.3) is 0 Å². The van der Waals surface area contributed by atoms with Crippen molar-refractivity contribution in [2.24, 2.45) is 0 Å². The topological polar surface area (TPSA) is 34.6 Å². The number of alkyl halides is 5. The molecule has 3 rings (SSSR count). The molecule has 0 amide bonds. The van der Waals surface area contributed by atoms with Crippen LogP contribution in [0.4, 0.5) is 27.8 Å². The number of rotatable bonds is 8. The van der Waals surface area contributed by atoms with Crippen LogP contribution in [0.2, 0.25) is 0 Å². The van der Waals surface area contributed by atoms with E-state index < -0.39 is 17.7 Å². The van der Waals surface area contributed by atoms with Gasteiger partial charge in [0.2, 0.25) is 0 Å². The molecule has 1 aromatic heterocycles. The quantitative estimate of drug-likeness (QED) is 0.367. The van der Waals surface area contributed by atoms with Crippen molar-refractivity contribution in [2.75, 3.05) is 19.1 Å². The number of nitrogens with zero attached hydrogens (tertiary/aromatic N) is 2. The Morgan fingerprint density at radius 1 is 0.788 bits per heavy atom. The second kappa shape index (κ2) is 9.64. The van der Waals surface area contributed by atoms with Crippen molar-refractivity contribution in [2.45, 2.75) is 32.1 Å². The zero-order chi connectivity index (χ0) is 24.2. The van der Waals surface area contributed by atoms with Gasteiger partial charge in [0.25, 0.3) is 0 Å². The number of pyridine rings is 1. The lowest BCUT2D eigenvalue weighted by molar-refractivity contribution is -0.289. The monoisotopic (exact) mass is 466 g/mol. The van der Waals surface area contributed by atoms with Gasteiger partial charge in [0.15, 0.2) is 0 Å². The summed E-state index contributed by atoms with van der Waals surface area (Å²) in [5.41, 5.74) is 0.409. The maximum absolute atomic E-state index is 13.9. The van der Waals surface area contributed by atoms with Gasteiger partial charge in [-0.2, -0.15) is 22.0 Å². The number of anilines is 1. The summed E-state index contributed by atoms with van der Waals surface area (Å²) in [6, 6.07) is 15.8. The molecule has 3 aromatic rings. The number of hydrogen-bond acceptors (Lipinski definition) is 4. The van der Waals surface area contributed by atoms with E-state index in [-0.39, 0.29) is 11.4 Å². The van der Waals surface area contributed by atoms with Crippen molar-refractivity contribution in [1.82, 2.24) is 4.98 Å². The van der Waals surface area contributed by atoms with Crippen molar-refractivity contribution in [3.8, 4) is 11.5 Å². The molecule has 0 saturated heterocycles. The highest BCUT2D eigenvalue weighted by Crippen LogP contribution is 2.45. The average Bonchev–Trinajstić information content (AvgIpc) is 2.78. The normalized spacial score (nSPS) is 11.9. The Balaban J connectivity index is 1.95. The highest BCUT2D eigenvalue weighted by molar-refractivity contribution is 5.47. The van der Waals surface area contributed by atoms with E-state index in [0.717, 1.165) is 11.1 Å². The first-order valence-corrected chi connectivity index (χ1v) is 9.97. The molecule has 0 aliphatic carbocycles.